The lowest BCUT2D eigenvalue weighted by Crippen LogP contribution is -2.47. The summed E-state index contributed by atoms with van der Waals surface area (Å²) in [5.41, 5.74) is 0.973. The van der Waals surface area contributed by atoms with Gasteiger partial charge in [-0.3, -0.25) is 4.79 Å². The summed E-state index contributed by atoms with van der Waals surface area (Å²) in [6.07, 6.45) is 4.07. The van der Waals surface area contributed by atoms with Gasteiger partial charge in [0.05, 0.1) is 6.42 Å². The Labute approximate surface area is 153 Å². The Morgan fingerprint density at radius 2 is 1.92 bits per heavy atom. The molecule has 2 amide bonds. The van der Waals surface area contributed by atoms with Crippen LogP contribution in [0.15, 0.2) is 18.2 Å². The van der Waals surface area contributed by atoms with Crippen LogP contribution in [0.4, 0.5) is 4.79 Å². The Balaban J connectivity index is 1.69. The number of nitrogens with one attached hydrogen (secondary N) is 1. The molecule has 1 aliphatic heterocycles. The molecule has 0 saturated heterocycles. The standard InChI is InChI=1S/C19H26N2O5/c1-13-2-5-15(6-3-13)21(19(24)20-9-8-18(22)23)11-14-4-7-16-17(10-14)26-12-25-16/h4,7,10,13,15H,2-3,5-6,8-9,11-12H2,1H3,(H,20,24)(H,22,23). The molecule has 3 rings (SSSR count). The van der Waals surface area contributed by atoms with Crippen molar-refractivity contribution in [2.75, 3.05) is 13.3 Å². The Kier molecular flexibility index (Phi) is 5.85. The maximum absolute atomic E-state index is 12.7. The minimum atomic E-state index is -0.917. The Morgan fingerprint density at radius 3 is 2.65 bits per heavy atom. The lowest BCUT2D eigenvalue weighted by atomic mass is 9.86. The summed E-state index contributed by atoms with van der Waals surface area (Å²) in [6, 6.07) is 5.67. The zero-order chi connectivity index (χ0) is 18.5. The Hall–Kier alpha value is -2.44. The number of amides is 2. The number of nitrogens with zero attached hydrogens (tertiary/aromatic N) is 1. The second-order valence-electron chi connectivity index (χ2n) is 7.10. The van der Waals surface area contributed by atoms with Crippen LogP contribution in [0.25, 0.3) is 0 Å². The van der Waals surface area contributed by atoms with E-state index in [1.807, 2.05) is 23.1 Å². The number of carboxylic acid groups (broad SMARTS) is 1. The first-order valence-electron chi connectivity index (χ1n) is 9.17. The number of fused-ring (bicyclic) bond motifs is 1. The van der Waals surface area contributed by atoms with Crippen molar-refractivity contribution >= 4 is 12.0 Å². The van der Waals surface area contributed by atoms with Gasteiger partial charge in [-0.2, -0.15) is 0 Å². The molecule has 0 aromatic heterocycles. The third kappa shape index (κ3) is 4.59. The number of ether oxygens (including phenoxy) is 2. The molecule has 1 aromatic carbocycles. The number of hydrogen-bond donors (Lipinski definition) is 2. The molecule has 1 saturated carbocycles. The molecule has 0 atom stereocenters. The van der Waals surface area contributed by atoms with Crippen LogP contribution in [0.5, 0.6) is 11.5 Å². The maximum Gasteiger partial charge on any atom is 0.317 e. The molecule has 26 heavy (non-hydrogen) atoms. The summed E-state index contributed by atoms with van der Waals surface area (Å²) in [4.78, 5) is 25.2. The van der Waals surface area contributed by atoms with E-state index in [1.54, 1.807) is 0 Å². The van der Waals surface area contributed by atoms with Gasteiger partial charge in [0, 0.05) is 19.1 Å². The maximum atomic E-state index is 12.7. The monoisotopic (exact) mass is 362 g/mol. The molecule has 1 heterocycles. The van der Waals surface area contributed by atoms with Crippen molar-refractivity contribution in [2.24, 2.45) is 5.92 Å². The van der Waals surface area contributed by atoms with Crippen LogP contribution in [0.1, 0.15) is 44.6 Å². The largest absolute Gasteiger partial charge is 0.481 e. The smallest absolute Gasteiger partial charge is 0.317 e. The van der Waals surface area contributed by atoms with Crippen molar-refractivity contribution in [1.29, 1.82) is 0 Å². The Morgan fingerprint density at radius 1 is 1.19 bits per heavy atom. The third-order valence-corrected chi connectivity index (χ3v) is 5.09. The number of urea groups is 1. The van der Waals surface area contributed by atoms with Gasteiger partial charge in [-0.05, 0) is 49.3 Å². The molecule has 0 bridgehead atoms. The highest BCUT2D eigenvalue weighted by atomic mass is 16.7. The molecular formula is C19H26N2O5. The van der Waals surface area contributed by atoms with E-state index in [0.29, 0.717) is 18.2 Å². The minimum absolute atomic E-state index is 0.0781. The number of rotatable bonds is 6. The van der Waals surface area contributed by atoms with Gasteiger partial charge in [-0.25, -0.2) is 4.79 Å². The predicted octanol–water partition coefficient (Wildman–Crippen LogP) is 2.98. The molecule has 7 nitrogen and oxygen atoms in total. The molecule has 2 aliphatic rings. The van der Waals surface area contributed by atoms with Crippen molar-refractivity contribution in [3.63, 3.8) is 0 Å². The van der Waals surface area contributed by atoms with Crippen molar-refractivity contribution < 1.29 is 24.2 Å². The van der Waals surface area contributed by atoms with E-state index in [0.717, 1.165) is 37.0 Å². The summed E-state index contributed by atoms with van der Waals surface area (Å²) < 4.78 is 10.8. The van der Waals surface area contributed by atoms with Crippen LogP contribution in [-0.2, 0) is 11.3 Å². The van der Waals surface area contributed by atoms with Crippen LogP contribution < -0.4 is 14.8 Å². The summed E-state index contributed by atoms with van der Waals surface area (Å²) in [6.45, 7) is 3.06. The number of benzene rings is 1. The number of carboxylic acids is 1. The van der Waals surface area contributed by atoms with E-state index < -0.39 is 5.97 Å². The van der Waals surface area contributed by atoms with E-state index >= 15 is 0 Å². The molecule has 0 radical (unpaired) electrons. The highest BCUT2D eigenvalue weighted by molar-refractivity contribution is 5.75. The van der Waals surface area contributed by atoms with Gasteiger partial charge in [-0.1, -0.05) is 13.0 Å². The summed E-state index contributed by atoms with van der Waals surface area (Å²) in [5.74, 6) is 1.19. The van der Waals surface area contributed by atoms with Crippen LogP contribution in [0.3, 0.4) is 0 Å². The van der Waals surface area contributed by atoms with Gasteiger partial charge >= 0.3 is 12.0 Å². The first-order chi connectivity index (χ1) is 12.5. The van der Waals surface area contributed by atoms with Gasteiger partial charge in [0.2, 0.25) is 6.79 Å². The molecule has 1 aliphatic carbocycles. The van der Waals surface area contributed by atoms with Crippen LogP contribution in [0, 0.1) is 5.92 Å². The van der Waals surface area contributed by atoms with Crippen molar-refractivity contribution in [2.45, 2.75) is 51.6 Å². The third-order valence-electron chi connectivity index (χ3n) is 5.09. The fourth-order valence-corrected chi connectivity index (χ4v) is 3.53. The highest BCUT2D eigenvalue weighted by Crippen LogP contribution is 2.34. The molecule has 0 spiro atoms. The van der Waals surface area contributed by atoms with Gasteiger partial charge < -0.3 is 24.8 Å². The summed E-state index contributed by atoms with van der Waals surface area (Å²) in [5, 5.41) is 11.5. The zero-order valence-corrected chi connectivity index (χ0v) is 15.1. The van der Waals surface area contributed by atoms with E-state index in [4.69, 9.17) is 14.6 Å². The molecular weight excluding hydrogens is 336 g/mol. The first kappa shape index (κ1) is 18.4. The van der Waals surface area contributed by atoms with Gasteiger partial charge in [0.25, 0.3) is 0 Å². The lowest BCUT2D eigenvalue weighted by molar-refractivity contribution is -0.136. The zero-order valence-electron chi connectivity index (χ0n) is 15.1. The molecule has 0 unspecified atom stereocenters. The van der Waals surface area contributed by atoms with E-state index in [1.165, 1.54) is 0 Å². The fourth-order valence-electron chi connectivity index (χ4n) is 3.53. The number of carbonyl (C=O) groups excluding carboxylic acids is 1. The average Bonchev–Trinajstić information content (AvgIpc) is 3.08. The van der Waals surface area contributed by atoms with Crippen LogP contribution >= 0.6 is 0 Å². The quantitative estimate of drug-likeness (QED) is 0.812. The van der Waals surface area contributed by atoms with Crippen LogP contribution in [0.2, 0.25) is 0 Å². The minimum Gasteiger partial charge on any atom is -0.481 e. The predicted molar refractivity (Wildman–Crippen MR) is 95.2 cm³/mol. The number of aliphatic carboxylic acids is 1. The molecule has 2 N–H and O–H groups in total. The number of carbonyl (C=O) groups is 2. The second kappa shape index (κ2) is 8.29. The van der Waals surface area contributed by atoms with E-state index in [2.05, 4.69) is 12.2 Å². The van der Waals surface area contributed by atoms with Gasteiger partial charge in [0.15, 0.2) is 11.5 Å². The summed E-state index contributed by atoms with van der Waals surface area (Å²) in [7, 11) is 0. The molecule has 1 aromatic rings. The number of hydrogen-bond acceptors (Lipinski definition) is 4. The van der Waals surface area contributed by atoms with E-state index in [-0.39, 0.29) is 31.8 Å². The summed E-state index contributed by atoms with van der Waals surface area (Å²) >= 11 is 0. The first-order valence-corrected chi connectivity index (χ1v) is 9.17. The second-order valence-corrected chi connectivity index (χ2v) is 7.10. The Bertz CT molecular complexity index is 655. The highest BCUT2D eigenvalue weighted by Gasteiger charge is 2.28. The molecule has 1 fully saturated rings. The fraction of sp³-hybridized carbons (Fsp3) is 0.579. The van der Waals surface area contributed by atoms with E-state index in [9.17, 15) is 9.59 Å². The van der Waals surface area contributed by atoms with Crippen molar-refractivity contribution in [3.05, 3.63) is 23.8 Å². The van der Waals surface area contributed by atoms with Crippen molar-refractivity contribution in [1.82, 2.24) is 10.2 Å². The lowest BCUT2D eigenvalue weighted by Gasteiger charge is -2.36. The SMILES string of the molecule is CC1CCC(N(Cc2ccc3c(c2)OCO3)C(=O)NCCC(=O)O)CC1. The van der Waals surface area contributed by atoms with Crippen molar-refractivity contribution in [3.8, 4) is 11.5 Å². The van der Waals surface area contributed by atoms with Crippen LogP contribution in [-0.4, -0.2) is 41.4 Å². The van der Waals surface area contributed by atoms with Gasteiger partial charge in [0.1, 0.15) is 0 Å². The normalized spacial score (nSPS) is 21.3. The molecule has 7 heteroatoms. The average molecular weight is 362 g/mol. The van der Waals surface area contributed by atoms with Gasteiger partial charge in [-0.15, -0.1) is 0 Å². The molecule has 142 valence electrons. The topological polar surface area (TPSA) is 88.1 Å².